The maximum atomic E-state index is 12.3. The molecule has 0 saturated carbocycles. The van der Waals surface area contributed by atoms with Crippen LogP contribution in [0.4, 0.5) is 11.4 Å². The van der Waals surface area contributed by atoms with Crippen molar-refractivity contribution in [3.63, 3.8) is 0 Å². The summed E-state index contributed by atoms with van der Waals surface area (Å²) in [5.74, 6) is -0.605. The van der Waals surface area contributed by atoms with Crippen molar-refractivity contribution in [2.24, 2.45) is 0 Å². The fraction of sp³-hybridized carbons (Fsp3) is 0.0588. The van der Waals surface area contributed by atoms with Crippen LogP contribution in [-0.4, -0.2) is 10.8 Å². The van der Waals surface area contributed by atoms with Crippen molar-refractivity contribution in [2.45, 2.75) is 6.92 Å². The average molecular weight is 342 g/mol. The maximum absolute atomic E-state index is 12.3. The molecule has 0 saturated heterocycles. The van der Waals surface area contributed by atoms with Gasteiger partial charge in [-0.25, -0.2) is 0 Å². The molecule has 120 valence electrons. The molecule has 0 radical (unpaired) electrons. The lowest BCUT2D eigenvalue weighted by molar-refractivity contribution is -0.384. The van der Waals surface area contributed by atoms with E-state index in [-0.39, 0.29) is 11.3 Å². The summed E-state index contributed by atoms with van der Waals surface area (Å²) in [4.78, 5) is 22.4. The predicted octanol–water partition coefficient (Wildman–Crippen LogP) is 4.10. The molecule has 0 aliphatic heterocycles. The van der Waals surface area contributed by atoms with Crippen LogP contribution < -0.4 is 5.32 Å². The zero-order valence-corrected chi connectivity index (χ0v) is 13.4. The summed E-state index contributed by atoms with van der Waals surface area (Å²) in [7, 11) is 0. The third-order valence-corrected chi connectivity index (χ3v) is 3.56. The first-order chi connectivity index (χ1) is 11.4. The van der Waals surface area contributed by atoms with E-state index in [4.69, 9.17) is 11.6 Å². The van der Waals surface area contributed by atoms with E-state index in [1.54, 1.807) is 25.1 Å². The van der Waals surface area contributed by atoms with Crippen molar-refractivity contribution in [2.75, 3.05) is 5.32 Å². The SMILES string of the molecule is Cc1cccc(Cl)c1NC(=O)/C(C#N)=C/c1ccc([N+](=O)[O-])cc1. The number of amides is 1. The number of halogens is 1. The molecule has 0 aliphatic rings. The van der Waals surface area contributed by atoms with E-state index in [9.17, 15) is 20.2 Å². The van der Waals surface area contributed by atoms with Gasteiger partial charge in [0.2, 0.25) is 0 Å². The molecule has 0 atom stereocenters. The van der Waals surface area contributed by atoms with Gasteiger partial charge in [-0.1, -0.05) is 23.7 Å². The summed E-state index contributed by atoms with van der Waals surface area (Å²) in [5.41, 5.74) is 1.51. The van der Waals surface area contributed by atoms with E-state index in [1.807, 2.05) is 6.07 Å². The van der Waals surface area contributed by atoms with Crippen LogP contribution in [0.1, 0.15) is 11.1 Å². The fourth-order valence-electron chi connectivity index (χ4n) is 1.98. The number of hydrogen-bond acceptors (Lipinski definition) is 4. The summed E-state index contributed by atoms with van der Waals surface area (Å²) < 4.78 is 0. The molecule has 0 fully saturated rings. The number of nitriles is 1. The smallest absolute Gasteiger partial charge is 0.269 e. The average Bonchev–Trinajstić information content (AvgIpc) is 2.56. The number of carbonyl (C=O) groups is 1. The van der Waals surface area contributed by atoms with Gasteiger partial charge in [0, 0.05) is 12.1 Å². The van der Waals surface area contributed by atoms with Crippen LogP contribution in [0.15, 0.2) is 48.0 Å². The van der Waals surface area contributed by atoms with Gasteiger partial charge in [0.05, 0.1) is 15.6 Å². The second kappa shape index (κ2) is 7.40. The molecule has 2 aromatic carbocycles. The van der Waals surface area contributed by atoms with Gasteiger partial charge in [-0.3, -0.25) is 14.9 Å². The molecule has 0 unspecified atom stereocenters. The van der Waals surface area contributed by atoms with Crippen LogP contribution >= 0.6 is 11.6 Å². The Balaban J connectivity index is 2.26. The van der Waals surface area contributed by atoms with Crippen molar-refractivity contribution >= 4 is 35.0 Å². The van der Waals surface area contributed by atoms with Gasteiger partial charge >= 0.3 is 0 Å². The van der Waals surface area contributed by atoms with Crippen LogP contribution in [0, 0.1) is 28.4 Å². The quantitative estimate of drug-likeness (QED) is 0.392. The number of nitrogens with one attached hydrogen (secondary N) is 1. The van der Waals surface area contributed by atoms with Gasteiger partial charge in [0.1, 0.15) is 11.6 Å². The van der Waals surface area contributed by atoms with Crippen LogP contribution in [0.3, 0.4) is 0 Å². The number of benzene rings is 2. The molecule has 2 rings (SSSR count). The summed E-state index contributed by atoms with van der Waals surface area (Å²) in [6.07, 6.45) is 1.35. The van der Waals surface area contributed by atoms with E-state index in [1.165, 1.54) is 30.3 Å². The molecular formula is C17H12ClN3O3. The number of nitro groups is 1. The Morgan fingerprint density at radius 3 is 2.50 bits per heavy atom. The molecule has 24 heavy (non-hydrogen) atoms. The second-order valence-electron chi connectivity index (χ2n) is 4.90. The van der Waals surface area contributed by atoms with Gasteiger partial charge in [-0.15, -0.1) is 0 Å². The fourth-order valence-corrected chi connectivity index (χ4v) is 2.25. The van der Waals surface area contributed by atoms with E-state index in [0.717, 1.165) is 5.56 Å². The first-order valence-corrected chi connectivity index (χ1v) is 7.23. The van der Waals surface area contributed by atoms with Gasteiger partial charge in [-0.05, 0) is 42.3 Å². The minimum atomic E-state index is -0.605. The van der Waals surface area contributed by atoms with E-state index in [2.05, 4.69) is 5.32 Å². The maximum Gasteiger partial charge on any atom is 0.269 e. The third-order valence-electron chi connectivity index (χ3n) is 3.24. The summed E-state index contributed by atoms with van der Waals surface area (Å²) in [6.45, 7) is 1.79. The highest BCUT2D eigenvalue weighted by atomic mass is 35.5. The highest BCUT2D eigenvalue weighted by Gasteiger charge is 2.13. The van der Waals surface area contributed by atoms with E-state index >= 15 is 0 Å². The Morgan fingerprint density at radius 2 is 1.96 bits per heavy atom. The normalized spacial score (nSPS) is 10.8. The number of nitro benzene ring substituents is 1. The minimum absolute atomic E-state index is 0.0678. The lowest BCUT2D eigenvalue weighted by Gasteiger charge is -2.09. The number of hydrogen-bond donors (Lipinski definition) is 1. The molecule has 0 aliphatic carbocycles. The topological polar surface area (TPSA) is 96.0 Å². The Morgan fingerprint density at radius 1 is 1.29 bits per heavy atom. The summed E-state index contributed by atoms with van der Waals surface area (Å²) in [5, 5.41) is 22.8. The zero-order valence-electron chi connectivity index (χ0n) is 12.6. The predicted molar refractivity (Wildman–Crippen MR) is 91.5 cm³/mol. The Bertz CT molecular complexity index is 847. The van der Waals surface area contributed by atoms with Gasteiger partial charge < -0.3 is 5.32 Å². The molecule has 0 spiro atoms. The standard InChI is InChI=1S/C17H12ClN3O3/c1-11-3-2-4-15(18)16(11)20-17(22)13(10-19)9-12-5-7-14(8-6-12)21(23)24/h2-9H,1H3,(H,20,22)/b13-9+. The highest BCUT2D eigenvalue weighted by Crippen LogP contribution is 2.26. The van der Waals surface area contributed by atoms with E-state index in [0.29, 0.717) is 16.3 Å². The van der Waals surface area contributed by atoms with Crippen molar-refractivity contribution in [3.8, 4) is 6.07 Å². The van der Waals surface area contributed by atoms with Crippen LogP contribution in [0.2, 0.25) is 5.02 Å². The molecule has 1 N–H and O–H groups in total. The number of para-hydroxylation sites is 1. The van der Waals surface area contributed by atoms with Gasteiger partial charge in [0.15, 0.2) is 0 Å². The monoisotopic (exact) mass is 341 g/mol. The van der Waals surface area contributed by atoms with Crippen molar-refractivity contribution in [1.82, 2.24) is 0 Å². The summed E-state index contributed by atoms with van der Waals surface area (Å²) >= 11 is 6.05. The number of nitrogens with zero attached hydrogens (tertiary/aromatic N) is 2. The lowest BCUT2D eigenvalue weighted by atomic mass is 10.1. The molecule has 0 aromatic heterocycles. The van der Waals surface area contributed by atoms with Gasteiger partial charge in [-0.2, -0.15) is 5.26 Å². The Hall–Kier alpha value is -3.17. The Kier molecular flexibility index (Phi) is 5.30. The van der Waals surface area contributed by atoms with Crippen LogP contribution in [-0.2, 0) is 4.79 Å². The van der Waals surface area contributed by atoms with Gasteiger partial charge in [0.25, 0.3) is 11.6 Å². The molecule has 7 heteroatoms. The number of anilines is 1. The largest absolute Gasteiger partial charge is 0.320 e. The first-order valence-electron chi connectivity index (χ1n) is 6.85. The number of aryl methyl sites for hydroxylation is 1. The van der Waals surface area contributed by atoms with Crippen molar-refractivity contribution in [1.29, 1.82) is 5.26 Å². The molecule has 0 bridgehead atoms. The minimum Gasteiger partial charge on any atom is -0.320 e. The molecular weight excluding hydrogens is 330 g/mol. The van der Waals surface area contributed by atoms with Crippen molar-refractivity contribution in [3.05, 3.63) is 74.3 Å². The molecule has 2 aromatic rings. The third kappa shape index (κ3) is 3.97. The lowest BCUT2D eigenvalue weighted by Crippen LogP contribution is -2.14. The summed E-state index contributed by atoms with van der Waals surface area (Å²) in [6, 6.07) is 12.5. The van der Waals surface area contributed by atoms with E-state index < -0.39 is 10.8 Å². The van der Waals surface area contributed by atoms with Crippen LogP contribution in [0.25, 0.3) is 6.08 Å². The molecule has 1 amide bonds. The number of rotatable bonds is 4. The highest BCUT2D eigenvalue weighted by molar-refractivity contribution is 6.34. The Labute approximate surface area is 143 Å². The van der Waals surface area contributed by atoms with Crippen LogP contribution in [0.5, 0.6) is 0 Å². The second-order valence-corrected chi connectivity index (χ2v) is 5.31. The molecule has 0 heterocycles. The number of non-ortho nitro benzene ring substituents is 1. The first kappa shape index (κ1) is 17.2. The molecule has 6 nitrogen and oxygen atoms in total. The zero-order chi connectivity index (χ0) is 17.7. The van der Waals surface area contributed by atoms with Crippen molar-refractivity contribution < 1.29 is 9.72 Å². The number of carbonyl (C=O) groups excluding carboxylic acids is 1.